The highest BCUT2D eigenvalue weighted by atomic mass is 32.1. The molecule has 0 spiro atoms. The molecule has 0 aliphatic heterocycles. The second kappa shape index (κ2) is 7.43. The van der Waals surface area contributed by atoms with Crippen LogP contribution in [-0.2, 0) is 0 Å². The Balaban J connectivity index is 1.72. The van der Waals surface area contributed by atoms with Crippen LogP contribution in [0, 0.1) is 6.92 Å². The lowest BCUT2D eigenvalue weighted by atomic mass is 10.1. The largest absolute Gasteiger partial charge is 0.252 e. The van der Waals surface area contributed by atoms with Crippen molar-refractivity contribution in [2.75, 3.05) is 0 Å². The number of nitrogens with zero attached hydrogens (tertiary/aromatic N) is 2. The molecule has 0 fully saturated rings. The summed E-state index contributed by atoms with van der Waals surface area (Å²) in [6.07, 6.45) is 5.45. The predicted molar refractivity (Wildman–Crippen MR) is 122 cm³/mol. The van der Waals surface area contributed by atoms with E-state index in [0.717, 1.165) is 27.5 Å². The van der Waals surface area contributed by atoms with Gasteiger partial charge in [0.05, 0.1) is 17.6 Å². The van der Waals surface area contributed by atoms with Crippen LogP contribution in [0.4, 0.5) is 5.69 Å². The van der Waals surface area contributed by atoms with Gasteiger partial charge in [0.15, 0.2) is 0 Å². The molecule has 4 heteroatoms. The summed E-state index contributed by atoms with van der Waals surface area (Å²) in [4.78, 5) is 10.8. The topological polar surface area (TPSA) is 25.2 Å². The Hall–Kier alpha value is -2.82. The van der Waals surface area contributed by atoms with Crippen molar-refractivity contribution < 1.29 is 0 Å². The first-order chi connectivity index (χ1) is 13.2. The van der Waals surface area contributed by atoms with Crippen molar-refractivity contribution in [3.63, 3.8) is 0 Å². The van der Waals surface area contributed by atoms with Crippen LogP contribution in [0.3, 0.4) is 0 Å². The van der Waals surface area contributed by atoms with E-state index in [0.29, 0.717) is 0 Å². The zero-order valence-electron chi connectivity index (χ0n) is 15.0. The van der Waals surface area contributed by atoms with Crippen molar-refractivity contribution in [1.29, 1.82) is 0 Å². The summed E-state index contributed by atoms with van der Waals surface area (Å²) in [7, 11) is 0. The maximum atomic E-state index is 4.81. The molecule has 4 rings (SSSR count). The van der Waals surface area contributed by atoms with E-state index >= 15 is 0 Å². The minimum absolute atomic E-state index is 0.872. The van der Waals surface area contributed by atoms with E-state index in [-0.39, 0.29) is 0 Å². The van der Waals surface area contributed by atoms with Gasteiger partial charge in [-0.3, -0.25) is 4.99 Å². The lowest BCUT2D eigenvalue weighted by molar-refractivity contribution is 1.38. The highest BCUT2D eigenvalue weighted by Gasteiger charge is 2.13. The molecule has 0 amide bonds. The van der Waals surface area contributed by atoms with E-state index < -0.39 is 0 Å². The number of thiophene rings is 1. The van der Waals surface area contributed by atoms with E-state index in [1.165, 1.54) is 20.5 Å². The zero-order chi connectivity index (χ0) is 18.8. The second-order valence-corrected chi connectivity index (χ2v) is 8.20. The molecular formula is C23H18N2S2. The van der Waals surface area contributed by atoms with Gasteiger partial charge in [-0.1, -0.05) is 61.7 Å². The molecule has 0 bridgehead atoms. The van der Waals surface area contributed by atoms with Crippen molar-refractivity contribution in [2.24, 2.45) is 4.99 Å². The highest BCUT2D eigenvalue weighted by Crippen LogP contribution is 2.38. The monoisotopic (exact) mass is 386 g/mol. The number of hydrogen-bond acceptors (Lipinski definition) is 4. The average molecular weight is 387 g/mol. The van der Waals surface area contributed by atoms with E-state index in [1.54, 1.807) is 11.3 Å². The third kappa shape index (κ3) is 3.29. The Bertz CT molecular complexity index is 1150. The Labute approximate surface area is 166 Å². The van der Waals surface area contributed by atoms with Gasteiger partial charge in [-0.2, -0.15) is 0 Å². The second-order valence-electron chi connectivity index (χ2n) is 6.05. The zero-order valence-corrected chi connectivity index (χ0v) is 16.6. The normalized spacial score (nSPS) is 11.3. The molecule has 0 aliphatic rings. The van der Waals surface area contributed by atoms with Gasteiger partial charge in [-0.05, 0) is 13.0 Å². The fourth-order valence-electron chi connectivity index (χ4n) is 3.13. The SMILES string of the molecule is C=Cc1cccc(C=C)c1N=Cc1nc(-c2c(C)sc3ccccc23)cs1. The van der Waals surface area contributed by atoms with Crippen LogP contribution in [0.5, 0.6) is 0 Å². The number of aromatic nitrogens is 1. The summed E-state index contributed by atoms with van der Waals surface area (Å²) in [6.45, 7) is 9.91. The van der Waals surface area contributed by atoms with Gasteiger partial charge in [0.25, 0.3) is 0 Å². The van der Waals surface area contributed by atoms with Crippen molar-refractivity contribution in [1.82, 2.24) is 4.98 Å². The molecule has 2 aromatic heterocycles. The van der Waals surface area contributed by atoms with Gasteiger partial charge in [-0.15, -0.1) is 22.7 Å². The standard InChI is InChI=1S/C23H18N2S2/c1-4-16-9-8-10-17(5-2)23(16)24-13-21-25-19(14-26-21)22-15(3)27-20-12-7-6-11-18(20)22/h4-14H,1-2H2,3H3. The van der Waals surface area contributed by atoms with Crippen molar-refractivity contribution >= 4 is 56.8 Å². The molecule has 2 aromatic carbocycles. The minimum atomic E-state index is 0.872. The molecule has 0 saturated heterocycles. The van der Waals surface area contributed by atoms with Crippen molar-refractivity contribution in [3.05, 3.63) is 82.0 Å². The molecular weight excluding hydrogens is 368 g/mol. The Morgan fingerprint density at radius 3 is 2.48 bits per heavy atom. The smallest absolute Gasteiger partial charge is 0.135 e. The van der Waals surface area contributed by atoms with E-state index in [4.69, 9.17) is 4.98 Å². The number of rotatable bonds is 5. The summed E-state index contributed by atoms with van der Waals surface area (Å²) in [5.74, 6) is 0. The molecule has 132 valence electrons. The summed E-state index contributed by atoms with van der Waals surface area (Å²) in [5, 5.41) is 4.25. The summed E-state index contributed by atoms with van der Waals surface area (Å²) in [5.41, 5.74) is 5.08. The van der Waals surface area contributed by atoms with Crippen molar-refractivity contribution in [3.8, 4) is 11.3 Å². The van der Waals surface area contributed by atoms with Crippen molar-refractivity contribution in [2.45, 2.75) is 6.92 Å². The maximum Gasteiger partial charge on any atom is 0.135 e. The summed E-state index contributed by atoms with van der Waals surface area (Å²) < 4.78 is 1.30. The molecule has 2 heterocycles. The van der Waals surface area contributed by atoms with Gasteiger partial charge in [0, 0.05) is 37.0 Å². The lowest BCUT2D eigenvalue weighted by Crippen LogP contribution is -1.84. The number of aliphatic imine (C=N–C) groups is 1. The van der Waals surface area contributed by atoms with Crippen LogP contribution < -0.4 is 0 Å². The molecule has 0 unspecified atom stereocenters. The number of para-hydroxylation sites is 1. The van der Waals surface area contributed by atoms with Crippen LogP contribution >= 0.6 is 22.7 Å². The maximum absolute atomic E-state index is 4.81. The quantitative estimate of drug-likeness (QED) is 0.329. The third-order valence-electron chi connectivity index (χ3n) is 4.39. The first-order valence-electron chi connectivity index (χ1n) is 8.57. The van der Waals surface area contributed by atoms with Crippen LogP contribution in [0.1, 0.15) is 21.0 Å². The van der Waals surface area contributed by atoms with Crippen LogP contribution in [0.2, 0.25) is 0 Å². The number of benzene rings is 2. The highest BCUT2D eigenvalue weighted by molar-refractivity contribution is 7.19. The molecule has 0 radical (unpaired) electrons. The van der Waals surface area contributed by atoms with Crippen LogP contribution in [0.15, 0.2) is 66.0 Å². The fraction of sp³-hybridized carbons (Fsp3) is 0.0435. The van der Waals surface area contributed by atoms with Gasteiger partial charge < -0.3 is 0 Å². The molecule has 0 atom stereocenters. The Kier molecular flexibility index (Phi) is 4.84. The molecule has 4 aromatic rings. The molecule has 0 saturated carbocycles. The Morgan fingerprint density at radius 1 is 1.00 bits per heavy atom. The van der Waals surface area contributed by atoms with Crippen LogP contribution in [-0.4, -0.2) is 11.2 Å². The van der Waals surface area contributed by atoms with Gasteiger partial charge in [-0.25, -0.2) is 4.98 Å². The van der Waals surface area contributed by atoms with E-state index in [1.807, 2.05) is 47.9 Å². The molecule has 2 nitrogen and oxygen atoms in total. The predicted octanol–water partition coefficient (Wildman–Crippen LogP) is 7.37. The fourth-order valence-corrected chi connectivity index (χ4v) is 4.87. The van der Waals surface area contributed by atoms with Gasteiger partial charge in [0.2, 0.25) is 0 Å². The molecule has 0 aliphatic carbocycles. The van der Waals surface area contributed by atoms with Crippen LogP contribution in [0.25, 0.3) is 33.5 Å². The average Bonchev–Trinajstić information content (AvgIpc) is 3.28. The van der Waals surface area contributed by atoms with Gasteiger partial charge >= 0.3 is 0 Å². The van der Waals surface area contributed by atoms with E-state index in [2.05, 4.69) is 54.7 Å². The number of aryl methyl sites for hydroxylation is 1. The number of hydrogen-bond donors (Lipinski definition) is 0. The first kappa shape index (κ1) is 17.6. The molecule has 27 heavy (non-hydrogen) atoms. The Morgan fingerprint density at radius 2 is 1.74 bits per heavy atom. The van der Waals surface area contributed by atoms with E-state index in [9.17, 15) is 0 Å². The summed E-state index contributed by atoms with van der Waals surface area (Å²) in [6, 6.07) is 14.5. The van der Waals surface area contributed by atoms with Gasteiger partial charge in [0.1, 0.15) is 5.01 Å². The lowest BCUT2D eigenvalue weighted by Gasteiger charge is -2.04. The first-order valence-corrected chi connectivity index (χ1v) is 10.3. The summed E-state index contributed by atoms with van der Waals surface area (Å²) >= 11 is 3.42. The third-order valence-corrected chi connectivity index (χ3v) is 6.26. The number of fused-ring (bicyclic) bond motifs is 1. The number of thiazole rings is 1. The minimum Gasteiger partial charge on any atom is -0.252 e. The molecule has 0 N–H and O–H groups in total.